The van der Waals surface area contributed by atoms with Crippen LogP contribution in [0.3, 0.4) is 0 Å². The van der Waals surface area contributed by atoms with Crippen molar-refractivity contribution >= 4 is 12.6 Å². The first kappa shape index (κ1) is 25.6. The predicted octanol–water partition coefficient (Wildman–Crippen LogP) is 7.61. The normalized spacial score (nSPS) is 12.0. The van der Waals surface area contributed by atoms with Gasteiger partial charge in [-0.1, -0.05) is 77.0 Å². The average molecular weight is 407 g/mol. The Labute approximate surface area is 178 Å². The van der Waals surface area contributed by atoms with Gasteiger partial charge in [0, 0.05) is 7.26 Å². The molecule has 0 atom stereocenters. The molecular weight excluding hydrogens is 357 g/mol. The molecule has 0 saturated heterocycles. The summed E-state index contributed by atoms with van der Waals surface area (Å²) in [5, 5.41) is 1.72. The fraction of sp³-hybridized carbons (Fsp3) is 0.769. The Bertz CT molecular complexity index is 449. The van der Waals surface area contributed by atoms with E-state index in [0.29, 0.717) is 0 Å². The standard InChI is InChI=1S/C26H49NP/c1-5-7-23-28(24-8-6-2,26-20-16-15-17-21-26)25-19-14-12-10-9-11-13-18-22-27(3)4/h15-17,20-21H,5-14,18-19,22-25H2,1-4H3/q+1. The molecule has 1 nitrogen and oxygen atoms in total. The Morgan fingerprint density at radius 1 is 0.607 bits per heavy atom. The second-order valence-corrected chi connectivity index (χ2v) is 13.1. The minimum atomic E-state index is -0.966. The van der Waals surface area contributed by atoms with Crippen molar-refractivity contribution in [3.05, 3.63) is 30.3 Å². The molecule has 2 heteroatoms. The van der Waals surface area contributed by atoms with E-state index in [1.807, 2.05) is 0 Å². The van der Waals surface area contributed by atoms with Crippen LogP contribution >= 0.6 is 7.26 Å². The highest BCUT2D eigenvalue weighted by Crippen LogP contribution is 2.59. The van der Waals surface area contributed by atoms with Gasteiger partial charge in [-0.15, -0.1) is 0 Å². The van der Waals surface area contributed by atoms with Crippen LogP contribution in [0.15, 0.2) is 30.3 Å². The van der Waals surface area contributed by atoms with E-state index in [9.17, 15) is 0 Å². The van der Waals surface area contributed by atoms with Gasteiger partial charge in [0.05, 0.1) is 23.8 Å². The molecule has 0 spiro atoms. The average Bonchev–Trinajstić information content (AvgIpc) is 2.71. The molecule has 0 aliphatic heterocycles. The van der Waals surface area contributed by atoms with Gasteiger partial charge >= 0.3 is 0 Å². The minimum absolute atomic E-state index is 0.966. The Morgan fingerprint density at radius 3 is 1.57 bits per heavy atom. The van der Waals surface area contributed by atoms with Gasteiger partial charge in [0.15, 0.2) is 0 Å². The van der Waals surface area contributed by atoms with Crippen molar-refractivity contribution in [1.29, 1.82) is 0 Å². The summed E-state index contributed by atoms with van der Waals surface area (Å²) in [6.45, 7) is 5.97. The first-order valence-electron chi connectivity index (χ1n) is 12.2. The smallest absolute Gasteiger partial charge is 0.0939 e. The Hall–Kier alpha value is -0.390. The van der Waals surface area contributed by atoms with Crippen LogP contribution < -0.4 is 5.30 Å². The van der Waals surface area contributed by atoms with Gasteiger partial charge in [-0.25, -0.2) is 0 Å². The van der Waals surface area contributed by atoms with Crippen LogP contribution in [0, 0.1) is 0 Å². The van der Waals surface area contributed by atoms with Crippen LogP contribution in [-0.2, 0) is 0 Å². The van der Waals surface area contributed by atoms with Crippen molar-refractivity contribution in [2.24, 2.45) is 0 Å². The maximum absolute atomic E-state index is 2.45. The van der Waals surface area contributed by atoms with Crippen LogP contribution in [0.4, 0.5) is 0 Å². The molecule has 0 amide bonds. The van der Waals surface area contributed by atoms with E-state index in [4.69, 9.17) is 0 Å². The van der Waals surface area contributed by atoms with E-state index >= 15 is 0 Å². The number of hydrogen-bond donors (Lipinski definition) is 0. The summed E-state index contributed by atoms with van der Waals surface area (Å²) in [6, 6.07) is 11.6. The van der Waals surface area contributed by atoms with Crippen LogP contribution in [0.2, 0.25) is 0 Å². The van der Waals surface area contributed by atoms with E-state index < -0.39 is 7.26 Å². The van der Waals surface area contributed by atoms with Crippen LogP contribution in [0.1, 0.15) is 90.9 Å². The SMILES string of the molecule is CCCC[P+](CCCC)(CCCCCCCCCCN(C)C)c1ccccc1. The third-order valence-corrected chi connectivity index (χ3v) is 11.0. The van der Waals surface area contributed by atoms with Gasteiger partial charge in [-0.2, -0.15) is 0 Å². The molecule has 0 heterocycles. The lowest BCUT2D eigenvalue weighted by Crippen LogP contribution is -2.21. The van der Waals surface area contributed by atoms with Crippen LogP contribution in [0.25, 0.3) is 0 Å². The molecule has 1 aromatic carbocycles. The lowest BCUT2D eigenvalue weighted by Gasteiger charge is -2.28. The molecule has 1 rings (SSSR count). The summed E-state index contributed by atoms with van der Waals surface area (Å²) in [6.07, 6.45) is 21.4. The van der Waals surface area contributed by atoms with E-state index in [-0.39, 0.29) is 0 Å². The summed E-state index contributed by atoms with van der Waals surface area (Å²) in [5.74, 6) is 0. The molecule has 0 aliphatic carbocycles. The molecular formula is C26H49NP+. The first-order chi connectivity index (χ1) is 13.6. The maximum atomic E-state index is 2.45. The molecule has 0 aliphatic rings. The quantitative estimate of drug-likeness (QED) is 0.179. The van der Waals surface area contributed by atoms with Crippen molar-refractivity contribution in [2.75, 3.05) is 39.1 Å². The number of benzene rings is 1. The van der Waals surface area contributed by atoms with Gasteiger partial charge in [0.2, 0.25) is 0 Å². The van der Waals surface area contributed by atoms with Crippen LogP contribution in [-0.4, -0.2) is 44.0 Å². The lowest BCUT2D eigenvalue weighted by atomic mass is 10.1. The van der Waals surface area contributed by atoms with Crippen molar-refractivity contribution in [1.82, 2.24) is 4.90 Å². The van der Waals surface area contributed by atoms with E-state index in [0.717, 1.165) is 0 Å². The Balaban J connectivity index is 2.40. The number of hydrogen-bond acceptors (Lipinski definition) is 1. The van der Waals surface area contributed by atoms with Crippen LogP contribution in [0.5, 0.6) is 0 Å². The second kappa shape index (κ2) is 16.4. The highest BCUT2D eigenvalue weighted by atomic mass is 31.2. The summed E-state index contributed by atoms with van der Waals surface area (Å²) in [7, 11) is 3.39. The molecule has 0 unspecified atom stereocenters. The molecule has 0 aromatic heterocycles. The molecule has 0 saturated carbocycles. The fourth-order valence-corrected chi connectivity index (χ4v) is 9.21. The third kappa shape index (κ3) is 11.0. The van der Waals surface area contributed by atoms with Crippen molar-refractivity contribution in [3.8, 4) is 0 Å². The van der Waals surface area contributed by atoms with Gasteiger partial charge in [-0.3, -0.25) is 0 Å². The molecule has 0 radical (unpaired) electrons. The zero-order valence-corrected chi connectivity index (χ0v) is 20.5. The monoisotopic (exact) mass is 406 g/mol. The van der Waals surface area contributed by atoms with E-state index in [2.05, 4.69) is 63.2 Å². The summed E-state index contributed by atoms with van der Waals surface area (Å²) in [4.78, 5) is 2.30. The van der Waals surface area contributed by atoms with E-state index in [1.165, 1.54) is 102 Å². The first-order valence-corrected chi connectivity index (χ1v) is 14.6. The summed E-state index contributed by atoms with van der Waals surface area (Å²) < 4.78 is 0. The van der Waals surface area contributed by atoms with Gasteiger partial charge < -0.3 is 4.90 Å². The molecule has 0 bridgehead atoms. The number of nitrogens with zero attached hydrogens (tertiary/aromatic N) is 1. The third-order valence-electron chi connectivity index (χ3n) is 6.12. The van der Waals surface area contributed by atoms with Gasteiger partial charge in [0.1, 0.15) is 0 Å². The highest BCUT2D eigenvalue weighted by molar-refractivity contribution is 7.82. The molecule has 0 fully saturated rings. The Kier molecular flexibility index (Phi) is 15.0. The van der Waals surface area contributed by atoms with Crippen molar-refractivity contribution in [3.63, 3.8) is 0 Å². The molecule has 28 heavy (non-hydrogen) atoms. The van der Waals surface area contributed by atoms with Crippen molar-refractivity contribution < 1.29 is 0 Å². The summed E-state index contributed by atoms with van der Waals surface area (Å²) >= 11 is 0. The fourth-order valence-electron chi connectivity index (χ4n) is 4.29. The molecule has 162 valence electrons. The number of unbranched alkanes of at least 4 members (excludes halogenated alkanes) is 9. The lowest BCUT2D eigenvalue weighted by molar-refractivity contribution is 0.389. The van der Waals surface area contributed by atoms with Gasteiger partial charge in [-0.05, 0) is 64.9 Å². The zero-order chi connectivity index (χ0) is 20.5. The molecule has 1 aromatic rings. The molecule has 0 N–H and O–H groups in total. The highest BCUT2D eigenvalue weighted by Gasteiger charge is 2.37. The summed E-state index contributed by atoms with van der Waals surface area (Å²) in [5.41, 5.74) is 0. The maximum Gasteiger partial charge on any atom is 0.0939 e. The van der Waals surface area contributed by atoms with Gasteiger partial charge in [0.25, 0.3) is 0 Å². The van der Waals surface area contributed by atoms with Crippen molar-refractivity contribution in [2.45, 2.75) is 90.9 Å². The Morgan fingerprint density at radius 2 is 1.07 bits per heavy atom. The topological polar surface area (TPSA) is 3.24 Å². The zero-order valence-electron chi connectivity index (χ0n) is 19.6. The largest absolute Gasteiger partial charge is 0.309 e. The second-order valence-electron chi connectivity index (χ2n) is 8.99. The predicted molar refractivity (Wildman–Crippen MR) is 133 cm³/mol. The number of rotatable bonds is 18. The minimum Gasteiger partial charge on any atom is -0.309 e. The van der Waals surface area contributed by atoms with E-state index in [1.54, 1.807) is 5.30 Å².